The van der Waals surface area contributed by atoms with Crippen LogP contribution in [0.4, 0.5) is 21.9 Å². The Morgan fingerprint density at radius 2 is 1.60 bits per heavy atom. The first-order chi connectivity index (χ1) is 22.4. The molecule has 0 aromatic heterocycles. The van der Waals surface area contributed by atoms with Crippen LogP contribution >= 0.6 is 0 Å². The highest BCUT2D eigenvalue weighted by molar-refractivity contribution is 6.13. The molecule has 11 nitrogen and oxygen atoms in total. The number of hydrogen-bond donors (Lipinski definition) is 3. The van der Waals surface area contributed by atoms with Crippen molar-refractivity contribution < 1.29 is 28.7 Å². The van der Waals surface area contributed by atoms with E-state index in [2.05, 4.69) is 10.6 Å². The van der Waals surface area contributed by atoms with Crippen LogP contribution in [0.2, 0.25) is 0 Å². The van der Waals surface area contributed by atoms with Gasteiger partial charge in [-0.05, 0) is 80.9 Å². The zero-order chi connectivity index (χ0) is 33.9. The average molecular weight is 638 g/mol. The third kappa shape index (κ3) is 7.30. The van der Waals surface area contributed by atoms with E-state index in [1.807, 2.05) is 36.4 Å². The molecule has 0 saturated heterocycles. The minimum atomic E-state index is -1.18. The van der Waals surface area contributed by atoms with Gasteiger partial charge in [0.05, 0.1) is 31.6 Å². The quantitative estimate of drug-likeness (QED) is 0.242. The fourth-order valence-electron chi connectivity index (χ4n) is 5.51. The molecule has 11 heteroatoms. The van der Waals surface area contributed by atoms with Crippen molar-refractivity contribution in [1.82, 2.24) is 10.6 Å². The Morgan fingerprint density at radius 3 is 2.28 bits per heavy atom. The number of hydrogen-bond acceptors (Lipinski definition) is 7. The Hall–Kier alpha value is -5.58. The molecule has 5 rings (SSSR count). The molecule has 0 saturated carbocycles. The smallest absolute Gasteiger partial charge is 0.408 e. The van der Waals surface area contributed by atoms with Crippen LogP contribution in [0.5, 0.6) is 5.75 Å². The SMILES string of the molecule is COc1ccc2ccccc2c1CN1C(=O)[C@@H](NC(=O)[C@H](C)NC(=O)OC(C)(C)C)CN(C(=O)c2ccc(N)cc2)c2ccccc21. The van der Waals surface area contributed by atoms with Crippen LogP contribution in [-0.2, 0) is 20.9 Å². The van der Waals surface area contributed by atoms with Gasteiger partial charge in [-0.15, -0.1) is 0 Å². The molecule has 47 heavy (non-hydrogen) atoms. The number of anilines is 3. The number of para-hydroxylation sites is 2. The number of methoxy groups -OCH3 is 1. The second kappa shape index (κ2) is 13.4. The second-order valence-electron chi connectivity index (χ2n) is 12.3. The normalized spacial score (nSPS) is 15.3. The lowest BCUT2D eigenvalue weighted by Crippen LogP contribution is -2.56. The van der Waals surface area contributed by atoms with Crippen LogP contribution in [0.15, 0.2) is 84.9 Å². The van der Waals surface area contributed by atoms with Gasteiger partial charge in [0.15, 0.2) is 0 Å². The van der Waals surface area contributed by atoms with Crippen molar-refractivity contribution in [3.8, 4) is 5.75 Å². The molecule has 1 aliphatic rings. The molecule has 1 heterocycles. The maximum atomic E-state index is 14.6. The Kier molecular flexibility index (Phi) is 9.36. The molecule has 1 aliphatic heterocycles. The summed E-state index contributed by atoms with van der Waals surface area (Å²) in [7, 11) is 1.57. The highest BCUT2D eigenvalue weighted by Crippen LogP contribution is 2.37. The van der Waals surface area contributed by atoms with Crippen molar-refractivity contribution in [3.63, 3.8) is 0 Å². The molecule has 4 aromatic rings. The zero-order valence-corrected chi connectivity index (χ0v) is 27.1. The molecule has 4 amide bonds. The van der Waals surface area contributed by atoms with Gasteiger partial charge < -0.3 is 35.6 Å². The Bertz CT molecular complexity index is 1820. The number of nitrogens with zero attached hydrogens (tertiary/aromatic N) is 2. The number of amides is 4. The average Bonchev–Trinajstić information content (AvgIpc) is 3.14. The van der Waals surface area contributed by atoms with Gasteiger partial charge in [0.1, 0.15) is 23.4 Å². The lowest BCUT2D eigenvalue weighted by atomic mass is 10.0. The maximum Gasteiger partial charge on any atom is 0.408 e. The lowest BCUT2D eigenvalue weighted by Gasteiger charge is -2.27. The van der Waals surface area contributed by atoms with Gasteiger partial charge in [-0.2, -0.15) is 0 Å². The van der Waals surface area contributed by atoms with E-state index in [0.717, 1.165) is 16.3 Å². The molecule has 0 spiro atoms. The lowest BCUT2D eigenvalue weighted by molar-refractivity contribution is -0.128. The third-order valence-corrected chi connectivity index (χ3v) is 7.77. The van der Waals surface area contributed by atoms with Crippen LogP contribution in [0.25, 0.3) is 10.8 Å². The summed E-state index contributed by atoms with van der Waals surface area (Å²) in [5.41, 5.74) is 7.69. The summed E-state index contributed by atoms with van der Waals surface area (Å²) in [4.78, 5) is 57.6. The van der Waals surface area contributed by atoms with Gasteiger partial charge in [0, 0.05) is 16.8 Å². The van der Waals surface area contributed by atoms with Crippen molar-refractivity contribution in [1.29, 1.82) is 0 Å². The van der Waals surface area contributed by atoms with Gasteiger partial charge in [0.2, 0.25) is 5.91 Å². The van der Waals surface area contributed by atoms with Crippen LogP contribution < -0.4 is 30.9 Å². The van der Waals surface area contributed by atoms with Crippen molar-refractivity contribution in [3.05, 3.63) is 96.1 Å². The highest BCUT2D eigenvalue weighted by atomic mass is 16.6. The van der Waals surface area contributed by atoms with Crippen molar-refractivity contribution in [2.75, 3.05) is 29.2 Å². The van der Waals surface area contributed by atoms with Gasteiger partial charge in [-0.3, -0.25) is 14.4 Å². The van der Waals surface area contributed by atoms with E-state index in [0.29, 0.717) is 28.4 Å². The molecular formula is C36H39N5O6. The largest absolute Gasteiger partial charge is 0.496 e. The minimum absolute atomic E-state index is 0.0857. The fraction of sp³-hybridized carbons (Fsp3) is 0.278. The molecule has 0 unspecified atom stereocenters. The third-order valence-electron chi connectivity index (χ3n) is 7.77. The van der Waals surface area contributed by atoms with E-state index < -0.39 is 35.6 Å². The number of ether oxygens (including phenoxy) is 2. The van der Waals surface area contributed by atoms with Crippen LogP contribution in [0.1, 0.15) is 43.6 Å². The number of carbonyl (C=O) groups excluding carboxylic acids is 4. The van der Waals surface area contributed by atoms with E-state index in [-0.39, 0.29) is 19.0 Å². The number of fused-ring (bicyclic) bond motifs is 2. The van der Waals surface area contributed by atoms with Crippen molar-refractivity contribution in [2.24, 2.45) is 0 Å². The number of alkyl carbamates (subject to hydrolysis) is 1. The molecule has 244 valence electrons. The molecule has 4 N–H and O–H groups in total. The van der Waals surface area contributed by atoms with Crippen LogP contribution in [-0.4, -0.2) is 55.2 Å². The molecule has 4 aromatic carbocycles. The highest BCUT2D eigenvalue weighted by Gasteiger charge is 2.38. The fourth-order valence-corrected chi connectivity index (χ4v) is 5.51. The van der Waals surface area contributed by atoms with Crippen LogP contribution in [0, 0.1) is 0 Å². The summed E-state index contributed by atoms with van der Waals surface area (Å²) >= 11 is 0. The molecule has 0 fully saturated rings. The number of benzene rings is 4. The van der Waals surface area contributed by atoms with Crippen molar-refractivity contribution in [2.45, 2.75) is 51.9 Å². The Labute approximate surface area is 273 Å². The summed E-state index contributed by atoms with van der Waals surface area (Å²) in [6.07, 6.45) is -0.774. The van der Waals surface area contributed by atoms with E-state index in [4.69, 9.17) is 15.2 Å². The second-order valence-corrected chi connectivity index (χ2v) is 12.3. The van der Waals surface area contributed by atoms with Gasteiger partial charge in [0.25, 0.3) is 11.8 Å². The predicted molar refractivity (Wildman–Crippen MR) is 181 cm³/mol. The summed E-state index contributed by atoms with van der Waals surface area (Å²) in [6.45, 7) is 6.54. The Morgan fingerprint density at radius 1 is 0.936 bits per heavy atom. The summed E-state index contributed by atoms with van der Waals surface area (Å²) < 4.78 is 11.0. The van der Waals surface area contributed by atoms with E-state index >= 15 is 0 Å². The van der Waals surface area contributed by atoms with Gasteiger partial charge >= 0.3 is 6.09 Å². The van der Waals surface area contributed by atoms with Gasteiger partial charge in [-0.1, -0.05) is 42.5 Å². The first kappa shape index (κ1) is 32.8. The summed E-state index contributed by atoms with van der Waals surface area (Å²) in [6, 6.07) is 23.0. The standard InChI is InChI=1S/C36H39N5O6/c1-22(38-35(45)47-36(2,3)4)32(42)39-28-21-41(33(43)24-14-17-25(37)18-15-24)30-13-9-8-12-29(30)40(34(28)44)20-27-26-11-7-6-10-23(26)16-19-31(27)46-5/h6-19,22,28H,20-21,37H2,1-5H3,(H,38,45)(H,39,42)/t22-,28-/m0/s1. The zero-order valence-electron chi connectivity index (χ0n) is 27.1. The number of nitrogens with two attached hydrogens (primary N) is 1. The van der Waals surface area contributed by atoms with E-state index in [1.54, 1.807) is 81.3 Å². The molecular weight excluding hydrogens is 598 g/mol. The first-order valence-corrected chi connectivity index (χ1v) is 15.3. The maximum absolute atomic E-state index is 14.6. The number of carbonyl (C=O) groups is 4. The van der Waals surface area contributed by atoms with Crippen molar-refractivity contribution >= 4 is 51.6 Å². The number of nitrogen functional groups attached to an aromatic ring is 1. The first-order valence-electron chi connectivity index (χ1n) is 15.3. The minimum Gasteiger partial charge on any atom is -0.496 e. The molecule has 0 radical (unpaired) electrons. The predicted octanol–water partition coefficient (Wildman–Crippen LogP) is 5.02. The number of rotatable bonds is 7. The molecule has 0 bridgehead atoms. The topological polar surface area (TPSA) is 143 Å². The molecule has 2 atom stereocenters. The Balaban J connectivity index is 1.56. The molecule has 0 aliphatic carbocycles. The van der Waals surface area contributed by atoms with Crippen LogP contribution in [0.3, 0.4) is 0 Å². The van der Waals surface area contributed by atoms with E-state index in [1.165, 1.54) is 11.8 Å². The van der Waals surface area contributed by atoms with E-state index in [9.17, 15) is 19.2 Å². The number of nitrogens with one attached hydrogen (secondary N) is 2. The monoisotopic (exact) mass is 637 g/mol. The van der Waals surface area contributed by atoms with Gasteiger partial charge in [-0.25, -0.2) is 4.79 Å². The summed E-state index contributed by atoms with van der Waals surface area (Å²) in [5.74, 6) is -0.863. The summed E-state index contributed by atoms with van der Waals surface area (Å²) in [5, 5.41) is 7.17.